The second kappa shape index (κ2) is 8.27. The summed E-state index contributed by atoms with van der Waals surface area (Å²) in [5.41, 5.74) is 1.55. The van der Waals surface area contributed by atoms with E-state index in [1.54, 1.807) is 35.4 Å². The summed E-state index contributed by atoms with van der Waals surface area (Å²) in [6, 6.07) is 16.6. The van der Waals surface area contributed by atoms with Crippen LogP contribution < -0.4 is 0 Å². The molecule has 1 aliphatic heterocycles. The number of para-hydroxylation sites is 1. The standard InChI is InChI=1S/C22H19N3O2S/c26-19-13-7-4-10-17(19)14-20-21(27)25(18-11-5-6-12-18)22(28-20)24-23-15-16-8-2-1-3-9-16/h1-5,7-11,13-15,18,26H,6,12H2/b20-14+,23-15-,24-22+/t18-/m1/s1. The molecule has 1 heterocycles. The third-order valence-corrected chi connectivity index (χ3v) is 5.50. The van der Waals surface area contributed by atoms with E-state index in [1.807, 2.05) is 42.5 Å². The van der Waals surface area contributed by atoms with Gasteiger partial charge in [0, 0.05) is 5.56 Å². The van der Waals surface area contributed by atoms with Crippen LogP contribution in [0.2, 0.25) is 0 Å². The molecule has 28 heavy (non-hydrogen) atoms. The summed E-state index contributed by atoms with van der Waals surface area (Å²) in [5.74, 6) is 0.0293. The van der Waals surface area contributed by atoms with E-state index < -0.39 is 0 Å². The Labute approximate surface area is 167 Å². The lowest BCUT2D eigenvalue weighted by Crippen LogP contribution is -2.37. The number of amides is 1. The quantitative estimate of drug-likeness (QED) is 0.364. The molecule has 1 amide bonds. The van der Waals surface area contributed by atoms with Gasteiger partial charge in [0.2, 0.25) is 0 Å². The van der Waals surface area contributed by atoms with Crippen LogP contribution in [0.1, 0.15) is 24.0 Å². The molecular weight excluding hydrogens is 370 g/mol. The molecular formula is C22H19N3O2S. The number of phenols is 1. The number of hydrogen-bond acceptors (Lipinski definition) is 5. The molecule has 2 aliphatic rings. The Bertz CT molecular complexity index is 996. The van der Waals surface area contributed by atoms with Gasteiger partial charge in [-0.2, -0.15) is 5.10 Å². The normalized spacial score (nSPS) is 22.2. The fourth-order valence-electron chi connectivity index (χ4n) is 3.12. The molecule has 0 spiro atoms. The first kappa shape index (κ1) is 18.3. The maximum Gasteiger partial charge on any atom is 0.267 e. The van der Waals surface area contributed by atoms with E-state index in [0.717, 1.165) is 18.4 Å². The molecule has 2 aromatic carbocycles. The SMILES string of the molecule is O=C1/C(=C\c2ccccc2O)S/C(=N/N=C\c2ccccc2)N1[C@@H]1C=CCC1. The van der Waals surface area contributed by atoms with Crippen LogP contribution in [0, 0.1) is 0 Å². The lowest BCUT2D eigenvalue weighted by Gasteiger charge is -2.20. The highest BCUT2D eigenvalue weighted by molar-refractivity contribution is 8.18. The van der Waals surface area contributed by atoms with Crippen LogP contribution in [0.15, 0.2) is 81.9 Å². The molecule has 1 N–H and O–H groups in total. The highest BCUT2D eigenvalue weighted by Gasteiger charge is 2.38. The molecule has 1 saturated heterocycles. The Morgan fingerprint density at radius 2 is 1.89 bits per heavy atom. The summed E-state index contributed by atoms with van der Waals surface area (Å²) < 4.78 is 0. The zero-order valence-electron chi connectivity index (χ0n) is 15.1. The van der Waals surface area contributed by atoms with Crippen LogP contribution >= 0.6 is 11.8 Å². The number of aromatic hydroxyl groups is 1. The van der Waals surface area contributed by atoms with Crippen molar-refractivity contribution in [3.63, 3.8) is 0 Å². The third-order valence-electron chi connectivity index (χ3n) is 4.53. The minimum atomic E-state index is -0.113. The van der Waals surface area contributed by atoms with Gasteiger partial charge < -0.3 is 5.11 Å². The molecule has 0 aromatic heterocycles. The Kier molecular flexibility index (Phi) is 5.39. The second-order valence-corrected chi connectivity index (χ2v) is 7.46. The summed E-state index contributed by atoms with van der Waals surface area (Å²) >= 11 is 1.28. The molecule has 1 fully saturated rings. The van der Waals surface area contributed by atoms with Crippen molar-refractivity contribution >= 4 is 35.1 Å². The topological polar surface area (TPSA) is 65.3 Å². The molecule has 4 rings (SSSR count). The zero-order chi connectivity index (χ0) is 19.3. The van der Waals surface area contributed by atoms with Gasteiger partial charge in [0.25, 0.3) is 5.91 Å². The minimum absolute atomic E-state index is 0.0130. The fourth-order valence-corrected chi connectivity index (χ4v) is 4.09. The van der Waals surface area contributed by atoms with Gasteiger partial charge in [-0.1, -0.05) is 60.7 Å². The van der Waals surface area contributed by atoms with Crippen molar-refractivity contribution in [3.05, 3.63) is 82.8 Å². The minimum Gasteiger partial charge on any atom is -0.507 e. The lowest BCUT2D eigenvalue weighted by molar-refractivity contribution is -0.123. The Morgan fingerprint density at radius 1 is 1.11 bits per heavy atom. The average molecular weight is 389 g/mol. The largest absolute Gasteiger partial charge is 0.507 e. The molecule has 6 heteroatoms. The molecule has 0 unspecified atom stereocenters. The summed E-state index contributed by atoms with van der Waals surface area (Å²) in [7, 11) is 0. The van der Waals surface area contributed by atoms with Crippen LogP contribution in [-0.2, 0) is 4.79 Å². The number of thioether (sulfide) groups is 1. The van der Waals surface area contributed by atoms with Gasteiger partial charge in [0.15, 0.2) is 5.17 Å². The van der Waals surface area contributed by atoms with Gasteiger partial charge in [-0.15, -0.1) is 5.10 Å². The van der Waals surface area contributed by atoms with E-state index in [9.17, 15) is 9.90 Å². The van der Waals surface area contributed by atoms with Crippen LogP contribution in [0.25, 0.3) is 6.08 Å². The number of allylic oxidation sites excluding steroid dienone is 1. The Morgan fingerprint density at radius 3 is 2.64 bits per heavy atom. The van der Waals surface area contributed by atoms with E-state index in [4.69, 9.17) is 0 Å². The van der Waals surface area contributed by atoms with Crippen LogP contribution in [-0.4, -0.2) is 33.3 Å². The molecule has 0 bridgehead atoms. The number of phenolic OH excluding ortho intramolecular Hbond substituents is 1. The number of rotatable bonds is 4. The van der Waals surface area contributed by atoms with E-state index >= 15 is 0 Å². The molecule has 140 valence electrons. The van der Waals surface area contributed by atoms with E-state index in [2.05, 4.69) is 16.3 Å². The van der Waals surface area contributed by atoms with Gasteiger partial charge in [-0.05, 0) is 42.3 Å². The number of nitrogens with zero attached hydrogens (tertiary/aromatic N) is 3. The fraction of sp³-hybridized carbons (Fsp3) is 0.136. The predicted molar refractivity (Wildman–Crippen MR) is 114 cm³/mol. The van der Waals surface area contributed by atoms with E-state index in [-0.39, 0.29) is 17.7 Å². The first-order valence-electron chi connectivity index (χ1n) is 9.06. The first-order valence-corrected chi connectivity index (χ1v) is 9.88. The Hall–Kier alpha value is -3.12. The van der Waals surface area contributed by atoms with Crippen molar-refractivity contribution in [2.45, 2.75) is 18.9 Å². The number of hydrogen-bond donors (Lipinski definition) is 1. The maximum atomic E-state index is 13.0. The number of benzene rings is 2. The highest BCUT2D eigenvalue weighted by atomic mass is 32.2. The van der Waals surface area contributed by atoms with Gasteiger partial charge in [-0.25, -0.2) is 0 Å². The summed E-state index contributed by atoms with van der Waals surface area (Å²) in [6.07, 6.45) is 9.31. The van der Waals surface area contributed by atoms with Crippen molar-refractivity contribution in [1.82, 2.24) is 4.90 Å². The number of carbonyl (C=O) groups excluding carboxylic acids is 1. The predicted octanol–water partition coefficient (Wildman–Crippen LogP) is 4.42. The highest BCUT2D eigenvalue weighted by Crippen LogP contribution is 2.37. The summed E-state index contributed by atoms with van der Waals surface area (Å²) in [6.45, 7) is 0. The molecule has 0 radical (unpaired) electrons. The van der Waals surface area contributed by atoms with Gasteiger partial charge >= 0.3 is 0 Å². The van der Waals surface area contributed by atoms with E-state index in [1.165, 1.54) is 11.8 Å². The maximum absolute atomic E-state index is 13.0. The van der Waals surface area contributed by atoms with Crippen molar-refractivity contribution in [2.75, 3.05) is 0 Å². The van der Waals surface area contributed by atoms with Gasteiger partial charge in [0.1, 0.15) is 5.75 Å². The average Bonchev–Trinajstić information content (AvgIpc) is 3.33. The Balaban J connectivity index is 1.64. The van der Waals surface area contributed by atoms with Gasteiger partial charge in [0.05, 0.1) is 17.2 Å². The number of carbonyl (C=O) groups is 1. The zero-order valence-corrected chi connectivity index (χ0v) is 15.9. The third kappa shape index (κ3) is 3.92. The van der Waals surface area contributed by atoms with Crippen LogP contribution in [0.5, 0.6) is 5.75 Å². The molecule has 2 aromatic rings. The van der Waals surface area contributed by atoms with Crippen molar-refractivity contribution < 1.29 is 9.90 Å². The van der Waals surface area contributed by atoms with Crippen LogP contribution in [0.3, 0.4) is 0 Å². The molecule has 0 saturated carbocycles. The summed E-state index contributed by atoms with van der Waals surface area (Å²) in [4.78, 5) is 15.3. The number of amidine groups is 1. The second-order valence-electron chi connectivity index (χ2n) is 6.46. The molecule has 5 nitrogen and oxygen atoms in total. The monoisotopic (exact) mass is 389 g/mol. The smallest absolute Gasteiger partial charge is 0.267 e. The van der Waals surface area contributed by atoms with Gasteiger partial charge in [-0.3, -0.25) is 9.69 Å². The van der Waals surface area contributed by atoms with E-state index in [0.29, 0.717) is 15.6 Å². The van der Waals surface area contributed by atoms with Crippen molar-refractivity contribution in [1.29, 1.82) is 0 Å². The summed E-state index contributed by atoms with van der Waals surface area (Å²) in [5, 5.41) is 19.1. The van der Waals surface area contributed by atoms with Crippen molar-refractivity contribution in [3.8, 4) is 5.75 Å². The molecule has 1 aliphatic carbocycles. The van der Waals surface area contributed by atoms with Crippen LogP contribution in [0.4, 0.5) is 0 Å². The first-order chi connectivity index (χ1) is 13.7. The van der Waals surface area contributed by atoms with Crippen molar-refractivity contribution in [2.24, 2.45) is 10.2 Å². The molecule has 1 atom stereocenters. The lowest BCUT2D eigenvalue weighted by atomic mass is 10.1.